The number of sulfonamides is 1. The molecule has 0 aliphatic rings. The molecule has 0 saturated carbocycles. The smallest absolute Gasteiger partial charge is 0.241 e. The third-order valence-corrected chi connectivity index (χ3v) is 4.98. The van der Waals surface area contributed by atoms with Crippen LogP contribution in [0.5, 0.6) is 0 Å². The van der Waals surface area contributed by atoms with Crippen LogP contribution in [0.15, 0.2) is 17.0 Å². The highest BCUT2D eigenvalue weighted by molar-refractivity contribution is 7.89. The highest BCUT2D eigenvalue weighted by atomic mass is 32.2. The molecule has 1 rings (SSSR count). The molecule has 1 unspecified atom stereocenters. The van der Waals surface area contributed by atoms with Crippen LogP contribution in [-0.2, 0) is 22.9 Å². The Kier molecular flexibility index (Phi) is 5.38. The number of benzene rings is 1. The molecule has 3 N–H and O–H groups in total. The maximum atomic E-state index is 12.4. The van der Waals surface area contributed by atoms with Crippen LogP contribution in [0.2, 0.25) is 0 Å². The van der Waals surface area contributed by atoms with Crippen LogP contribution >= 0.6 is 0 Å². The second-order valence-corrected chi connectivity index (χ2v) is 6.48. The number of nitrogens with two attached hydrogens (primary N) is 1. The van der Waals surface area contributed by atoms with Crippen molar-refractivity contribution in [3.63, 3.8) is 0 Å². The van der Waals surface area contributed by atoms with E-state index in [0.29, 0.717) is 22.6 Å². The van der Waals surface area contributed by atoms with Gasteiger partial charge in [0.05, 0.1) is 4.90 Å². The molecular weight excluding hydrogens is 260 g/mol. The van der Waals surface area contributed by atoms with Crippen LogP contribution in [0, 0.1) is 0 Å². The SMILES string of the molecule is CCc1cc(N)c(CC)c(S(=O)(=O)NC(C)CC)c1. The summed E-state index contributed by atoms with van der Waals surface area (Å²) in [6, 6.07) is 3.52. The predicted octanol–water partition coefficient (Wildman–Crippen LogP) is 2.47. The summed E-state index contributed by atoms with van der Waals surface area (Å²) in [6.45, 7) is 7.71. The van der Waals surface area contributed by atoms with Crippen molar-refractivity contribution in [2.24, 2.45) is 0 Å². The van der Waals surface area contributed by atoms with Gasteiger partial charge in [-0.3, -0.25) is 0 Å². The zero-order chi connectivity index (χ0) is 14.6. The molecule has 108 valence electrons. The van der Waals surface area contributed by atoms with Gasteiger partial charge in [0.1, 0.15) is 0 Å². The number of anilines is 1. The summed E-state index contributed by atoms with van der Waals surface area (Å²) >= 11 is 0. The predicted molar refractivity (Wildman–Crippen MR) is 79.7 cm³/mol. The first-order chi connectivity index (χ1) is 8.85. The second-order valence-electron chi connectivity index (χ2n) is 4.80. The molecule has 0 fully saturated rings. The van der Waals surface area contributed by atoms with Crippen molar-refractivity contribution in [2.45, 2.75) is 57.9 Å². The quantitative estimate of drug-likeness (QED) is 0.788. The van der Waals surface area contributed by atoms with Crippen molar-refractivity contribution in [1.29, 1.82) is 0 Å². The first-order valence-corrected chi connectivity index (χ1v) is 8.27. The van der Waals surface area contributed by atoms with Gasteiger partial charge in [0, 0.05) is 11.7 Å². The Hall–Kier alpha value is -1.07. The average molecular weight is 284 g/mol. The molecule has 4 nitrogen and oxygen atoms in total. The molecule has 1 aromatic rings. The molecule has 1 atom stereocenters. The number of aryl methyl sites for hydroxylation is 1. The van der Waals surface area contributed by atoms with E-state index in [0.717, 1.165) is 18.4 Å². The van der Waals surface area contributed by atoms with Gasteiger partial charge in [-0.2, -0.15) is 0 Å². The number of hydrogen-bond donors (Lipinski definition) is 2. The maximum absolute atomic E-state index is 12.4. The Balaban J connectivity index is 3.35. The van der Waals surface area contributed by atoms with E-state index >= 15 is 0 Å². The summed E-state index contributed by atoms with van der Waals surface area (Å²) in [6.07, 6.45) is 2.12. The fourth-order valence-electron chi connectivity index (χ4n) is 1.96. The minimum Gasteiger partial charge on any atom is -0.398 e. The molecule has 0 saturated heterocycles. The van der Waals surface area contributed by atoms with Gasteiger partial charge in [-0.15, -0.1) is 0 Å². The van der Waals surface area contributed by atoms with Crippen LogP contribution in [0.3, 0.4) is 0 Å². The molecule has 0 aromatic heterocycles. The summed E-state index contributed by atoms with van der Waals surface area (Å²) < 4.78 is 27.6. The zero-order valence-electron chi connectivity index (χ0n) is 12.2. The van der Waals surface area contributed by atoms with E-state index in [1.54, 1.807) is 6.07 Å². The lowest BCUT2D eigenvalue weighted by atomic mass is 10.1. The molecule has 0 spiro atoms. The minimum absolute atomic E-state index is 0.0822. The fraction of sp³-hybridized carbons (Fsp3) is 0.571. The van der Waals surface area contributed by atoms with Gasteiger partial charge in [0.15, 0.2) is 0 Å². The topological polar surface area (TPSA) is 72.2 Å². The normalized spacial score (nSPS) is 13.5. The lowest BCUT2D eigenvalue weighted by Crippen LogP contribution is -2.32. The molecule has 0 amide bonds. The molecule has 1 aromatic carbocycles. The van der Waals surface area contributed by atoms with Crippen molar-refractivity contribution in [2.75, 3.05) is 5.73 Å². The Morgan fingerprint density at radius 2 is 1.84 bits per heavy atom. The van der Waals surface area contributed by atoms with Crippen molar-refractivity contribution < 1.29 is 8.42 Å². The lowest BCUT2D eigenvalue weighted by Gasteiger charge is -2.17. The van der Waals surface area contributed by atoms with Gasteiger partial charge >= 0.3 is 0 Å². The van der Waals surface area contributed by atoms with Crippen LogP contribution in [-0.4, -0.2) is 14.5 Å². The van der Waals surface area contributed by atoms with Gasteiger partial charge in [-0.1, -0.05) is 20.8 Å². The Labute approximate surface area is 116 Å². The Morgan fingerprint density at radius 1 is 1.21 bits per heavy atom. The van der Waals surface area contributed by atoms with Gasteiger partial charge in [0.25, 0.3) is 0 Å². The molecule has 19 heavy (non-hydrogen) atoms. The van der Waals surface area contributed by atoms with E-state index in [4.69, 9.17) is 5.73 Å². The number of rotatable bonds is 6. The van der Waals surface area contributed by atoms with Crippen molar-refractivity contribution in [1.82, 2.24) is 4.72 Å². The van der Waals surface area contributed by atoms with Crippen molar-refractivity contribution >= 4 is 15.7 Å². The summed E-state index contributed by atoms with van der Waals surface area (Å²) in [5, 5.41) is 0. The van der Waals surface area contributed by atoms with E-state index in [9.17, 15) is 8.42 Å². The summed E-state index contributed by atoms with van der Waals surface area (Å²) in [5.74, 6) is 0. The monoisotopic (exact) mass is 284 g/mol. The zero-order valence-corrected chi connectivity index (χ0v) is 13.0. The van der Waals surface area contributed by atoms with E-state index in [1.165, 1.54) is 0 Å². The molecule has 0 heterocycles. The first kappa shape index (κ1) is 16.0. The summed E-state index contributed by atoms with van der Waals surface area (Å²) in [5.41, 5.74) is 8.18. The Bertz CT molecular complexity index is 539. The molecular formula is C14H24N2O2S. The van der Waals surface area contributed by atoms with Crippen LogP contribution in [0.4, 0.5) is 5.69 Å². The van der Waals surface area contributed by atoms with Crippen LogP contribution < -0.4 is 10.5 Å². The first-order valence-electron chi connectivity index (χ1n) is 6.79. The van der Waals surface area contributed by atoms with E-state index < -0.39 is 10.0 Å². The van der Waals surface area contributed by atoms with Gasteiger partial charge < -0.3 is 5.73 Å². The molecule has 0 radical (unpaired) electrons. The Morgan fingerprint density at radius 3 is 2.32 bits per heavy atom. The third kappa shape index (κ3) is 3.70. The summed E-state index contributed by atoms with van der Waals surface area (Å²) in [4.78, 5) is 0.326. The van der Waals surface area contributed by atoms with E-state index in [1.807, 2.05) is 33.8 Å². The van der Waals surface area contributed by atoms with Gasteiger partial charge in [-0.25, -0.2) is 13.1 Å². The van der Waals surface area contributed by atoms with E-state index in [-0.39, 0.29) is 6.04 Å². The number of hydrogen-bond acceptors (Lipinski definition) is 3. The minimum atomic E-state index is -3.50. The van der Waals surface area contributed by atoms with E-state index in [2.05, 4.69) is 4.72 Å². The van der Waals surface area contributed by atoms with Gasteiger partial charge in [-0.05, 0) is 49.4 Å². The highest BCUT2D eigenvalue weighted by Crippen LogP contribution is 2.25. The highest BCUT2D eigenvalue weighted by Gasteiger charge is 2.21. The number of nitrogens with one attached hydrogen (secondary N) is 1. The second kappa shape index (κ2) is 6.39. The summed E-state index contributed by atoms with van der Waals surface area (Å²) in [7, 11) is -3.50. The average Bonchev–Trinajstić information content (AvgIpc) is 2.36. The maximum Gasteiger partial charge on any atom is 0.241 e. The molecule has 5 heteroatoms. The van der Waals surface area contributed by atoms with Crippen LogP contribution in [0.25, 0.3) is 0 Å². The van der Waals surface area contributed by atoms with Crippen LogP contribution in [0.1, 0.15) is 45.2 Å². The largest absolute Gasteiger partial charge is 0.398 e. The molecule has 0 aliphatic carbocycles. The third-order valence-electron chi connectivity index (χ3n) is 3.32. The standard InChI is InChI=1S/C14H24N2O2S/c1-5-10(4)16-19(17,18)14-9-11(6-2)8-13(15)12(14)7-3/h8-10,16H,5-7,15H2,1-4H3. The van der Waals surface area contributed by atoms with Crippen molar-refractivity contribution in [3.05, 3.63) is 23.3 Å². The molecule has 0 aliphatic heterocycles. The number of nitrogen functional groups attached to an aromatic ring is 1. The fourth-order valence-corrected chi connectivity index (χ4v) is 3.68. The van der Waals surface area contributed by atoms with Gasteiger partial charge in [0.2, 0.25) is 10.0 Å². The molecule has 0 bridgehead atoms. The van der Waals surface area contributed by atoms with Crippen molar-refractivity contribution in [3.8, 4) is 0 Å². The lowest BCUT2D eigenvalue weighted by molar-refractivity contribution is 0.555.